The monoisotopic (exact) mass is 221 g/mol. The molecule has 0 radical (unpaired) electrons. The minimum absolute atomic E-state index is 0.0529. The zero-order valence-electron chi connectivity index (χ0n) is 9.86. The van der Waals surface area contributed by atoms with Crippen LogP contribution in [0.15, 0.2) is 18.3 Å². The summed E-state index contributed by atoms with van der Waals surface area (Å²) in [4.78, 5) is 16.0. The molecular formula is C12H19N3O. The van der Waals surface area contributed by atoms with E-state index in [0.717, 1.165) is 18.5 Å². The zero-order valence-corrected chi connectivity index (χ0v) is 9.86. The first-order valence-electron chi connectivity index (χ1n) is 5.61. The molecule has 0 aliphatic carbocycles. The number of nitrogens with two attached hydrogens (primary N) is 1. The van der Waals surface area contributed by atoms with Gasteiger partial charge in [-0.2, -0.15) is 0 Å². The second-order valence-electron chi connectivity index (χ2n) is 3.83. The van der Waals surface area contributed by atoms with Crippen molar-refractivity contribution < 1.29 is 4.79 Å². The summed E-state index contributed by atoms with van der Waals surface area (Å²) in [5.41, 5.74) is 6.96. The van der Waals surface area contributed by atoms with Gasteiger partial charge in [-0.15, -0.1) is 0 Å². The molecule has 1 atom stereocenters. The van der Waals surface area contributed by atoms with Crippen LogP contribution >= 0.6 is 0 Å². The molecule has 4 heteroatoms. The van der Waals surface area contributed by atoms with E-state index in [1.54, 1.807) is 18.3 Å². The third kappa shape index (κ3) is 3.31. The summed E-state index contributed by atoms with van der Waals surface area (Å²) in [7, 11) is 0. The summed E-state index contributed by atoms with van der Waals surface area (Å²) in [6.07, 6.45) is 3.59. The predicted octanol–water partition coefficient (Wildman–Crippen LogP) is 1.25. The lowest BCUT2D eigenvalue weighted by Gasteiger charge is -2.16. The van der Waals surface area contributed by atoms with E-state index in [-0.39, 0.29) is 11.9 Å². The van der Waals surface area contributed by atoms with Crippen molar-refractivity contribution in [1.82, 2.24) is 10.3 Å². The first-order valence-corrected chi connectivity index (χ1v) is 5.61. The zero-order chi connectivity index (χ0) is 12.0. The van der Waals surface area contributed by atoms with Gasteiger partial charge in [0.15, 0.2) is 0 Å². The Balaban J connectivity index is 2.68. The fourth-order valence-corrected chi connectivity index (χ4v) is 1.58. The van der Waals surface area contributed by atoms with Crippen LogP contribution in [0.1, 0.15) is 35.8 Å². The highest BCUT2D eigenvalue weighted by atomic mass is 16.1. The molecule has 0 bridgehead atoms. The Bertz CT molecular complexity index is 352. The standard InChI is InChI=1S/C12H19N3O/c1-3-5-10(8-13)15-12(16)11-6-4-7-14-9(11)2/h4,6-7,10H,3,5,8,13H2,1-2H3,(H,15,16). The summed E-state index contributed by atoms with van der Waals surface area (Å²) >= 11 is 0. The minimum Gasteiger partial charge on any atom is -0.348 e. The Hall–Kier alpha value is -1.42. The van der Waals surface area contributed by atoms with Gasteiger partial charge in [0.1, 0.15) is 0 Å². The molecule has 0 fully saturated rings. The van der Waals surface area contributed by atoms with E-state index in [4.69, 9.17) is 5.73 Å². The Morgan fingerprint density at radius 3 is 2.94 bits per heavy atom. The number of aromatic nitrogens is 1. The van der Waals surface area contributed by atoms with Crippen molar-refractivity contribution in [2.24, 2.45) is 5.73 Å². The smallest absolute Gasteiger partial charge is 0.253 e. The summed E-state index contributed by atoms with van der Waals surface area (Å²) < 4.78 is 0. The van der Waals surface area contributed by atoms with Crippen LogP contribution in [0.4, 0.5) is 0 Å². The lowest BCUT2D eigenvalue weighted by molar-refractivity contribution is 0.0935. The average Bonchev–Trinajstić information content (AvgIpc) is 2.28. The second-order valence-corrected chi connectivity index (χ2v) is 3.83. The lowest BCUT2D eigenvalue weighted by atomic mass is 10.1. The number of amides is 1. The van der Waals surface area contributed by atoms with Crippen LogP contribution in [0.3, 0.4) is 0 Å². The first kappa shape index (κ1) is 12.6. The molecular weight excluding hydrogens is 202 g/mol. The molecule has 1 amide bonds. The molecule has 16 heavy (non-hydrogen) atoms. The van der Waals surface area contributed by atoms with Crippen molar-refractivity contribution in [2.75, 3.05) is 6.54 Å². The normalized spacial score (nSPS) is 12.2. The molecule has 1 aromatic rings. The SMILES string of the molecule is CCCC(CN)NC(=O)c1cccnc1C. The second kappa shape index (κ2) is 6.23. The maximum atomic E-state index is 11.9. The Labute approximate surface area is 96.3 Å². The van der Waals surface area contributed by atoms with Gasteiger partial charge < -0.3 is 11.1 Å². The minimum atomic E-state index is -0.0884. The fraction of sp³-hybridized carbons (Fsp3) is 0.500. The number of aryl methyl sites for hydroxylation is 1. The van der Waals surface area contributed by atoms with Gasteiger partial charge in [0.25, 0.3) is 5.91 Å². The Morgan fingerprint density at radius 2 is 2.38 bits per heavy atom. The molecule has 3 N–H and O–H groups in total. The van der Waals surface area contributed by atoms with Crippen LogP contribution in [-0.2, 0) is 0 Å². The Kier molecular flexibility index (Phi) is 4.92. The molecule has 0 aliphatic rings. The van der Waals surface area contributed by atoms with Crippen LogP contribution in [0, 0.1) is 6.92 Å². The molecule has 88 valence electrons. The predicted molar refractivity (Wildman–Crippen MR) is 64.2 cm³/mol. The summed E-state index contributed by atoms with van der Waals surface area (Å²) in [6.45, 7) is 4.37. The van der Waals surface area contributed by atoms with Crippen molar-refractivity contribution in [2.45, 2.75) is 32.7 Å². The van der Waals surface area contributed by atoms with Crippen molar-refractivity contribution in [3.05, 3.63) is 29.6 Å². The number of carbonyl (C=O) groups is 1. The molecule has 0 aliphatic heterocycles. The number of nitrogens with one attached hydrogen (secondary N) is 1. The van der Waals surface area contributed by atoms with Crippen LogP contribution in [-0.4, -0.2) is 23.5 Å². The molecule has 1 heterocycles. The lowest BCUT2D eigenvalue weighted by Crippen LogP contribution is -2.40. The van der Waals surface area contributed by atoms with Gasteiger partial charge in [0, 0.05) is 24.5 Å². The fourth-order valence-electron chi connectivity index (χ4n) is 1.58. The number of rotatable bonds is 5. The van der Waals surface area contributed by atoms with Crippen LogP contribution in [0.5, 0.6) is 0 Å². The van der Waals surface area contributed by atoms with E-state index in [2.05, 4.69) is 17.2 Å². The van der Waals surface area contributed by atoms with Crippen LogP contribution < -0.4 is 11.1 Å². The van der Waals surface area contributed by atoms with Crippen molar-refractivity contribution in [3.8, 4) is 0 Å². The topological polar surface area (TPSA) is 68.0 Å². The van der Waals surface area contributed by atoms with E-state index >= 15 is 0 Å². The molecule has 0 saturated heterocycles. The molecule has 4 nitrogen and oxygen atoms in total. The van der Waals surface area contributed by atoms with E-state index in [1.165, 1.54) is 0 Å². The average molecular weight is 221 g/mol. The molecule has 0 saturated carbocycles. The maximum absolute atomic E-state index is 11.9. The highest BCUT2D eigenvalue weighted by molar-refractivity contribution is 5.95. The molecule has 1 aromatic heterocycles. The largest absolute Gasteiger partial charge is 0.348 e. The van der Waals surface area contributed by atoms with E-state index in [0.29, 0.717) is 12.1 Å². The van der Waals surface area contributed by atoms with Gasteiger partial charge in [0.2, 0.25) is 0 Å². The van der Waals surface area contributed by atoms with Gasteiger partial charge in [-0.05, 0) is 25.5 Å². The van der Waals surface area contributed by atoms with Crippen molar-refractivity contribution in [1.29, 1.82) is 0 Å². The first-order chi connectivity index (χ1) is 7.69. The maximum Gasteiger partial charge on any atom is 0.253 e. The molecule has 0 spiro atoms. The summed E-state index contributed by atoms with van der Waals surface area (Å²) in [6, 6.07) is 3.59. The van der Waals surface area contributed by atoms with Crippen molar-refractivity contribution in [3.63, 3.8) is 0 Å². The van der Waals surface area contributed by atoms with Gasteiger partial charge in [0.05, 0.1) is 5.56 Å². The van der Waals surface area contributed by atoms with Crippen molar-refractivity contribution >= 4 is 5.91 Å². The number of hydrogen-bond acceptors (Lipinski definition) is 3. The van der Waals surface area contributed by atoms with Crippen LogP contribution in [0.2, 0.25) is 0 Å². The van der Waals surface area contributed by atoms with Gasteiger partial charge in [-0.1, -0.05) is 13.3 Å². The van der Waals surface area contributed by atoms with Gasteiger partial charge in [-0.3, -0.25) is 9.78 Å². The van der Waals surface area contributed by atoms with E-state index in [1.807, 2.05) is 6.92 Å². The third-order valence-electron chi connectivity index (χ3n) is 2.51. The Morgan fingerprint density at radius 1 is 1.62 bits per heavy atom. The number of hydrogen-bond donors (Lipinski definition) is 2. The quantitative estimate of drug-likeness (QED) is 0.786. The van der Waals surface area contributed by atoms with Gasteiger partial charge >= 0.3 is 0 Å². The third-order valence-corrected chi connectivity index (χ3v) is 2.51. The summed E-state index contributed by atoms with van der Waals surface area (Å²) in [5.74, 6) is -0.0884. The van der Waals surface area contributed by atoms with E-state index < -0.39 is 0 Å². The number of pyridine rings is 1. The molecule has 1 rings (SSSR count). The molecule has 0 aromatic carbocycles. The van der Waals surface area contributed by atoms with E-state index in [9.17, 15) is 4.79 Å². The number of carbonyl (C=O) groups excluding carboxylic acids is 1. The highest BCUT2D eigenvalue weighted by Crippen LogP contribution is 2.04. The number of nitrogens with zero attached hydrogens (tertiary/aromatic N) is 1. The van der Waals surface area contributed by atoms with Crippen LogP contribution in [0.25, 0.3) is 0 Å². The highest BCUT2D eigenvalue weighted by Gasteiger charge is 2.13. The molecule has 1 unspecified atom stereocenters. The van der Waals surface area contributed by atoms with Gasteiger partial charge in [-0.25, -0.2) is 0 Å². The summed E-state index contributed by atoms with van der Waals surface area (Å²) in [5, 5.41) is 2.92.